The number of benzene rings is 3. The van der Waals surface area contributed by atoms with Crippen molar-refractivity contribution in [2.45, 2.75) is 20.0 Å². The van der Waals surface area contributed by atoms with Crippen molar-refractivity contribution in [2.24, 2.45) is 0 Å². The van der Waals surface area contributed by atoms with E-state index in [1.165, 1.54) is 5.01 Å². The van der Waals surface area contributed by atoms with Gasteiger partial charge in [0, 0.05) is 11.3 Å². The summed E-state index contributed by atoms with van der Waals surface area (Å²) in [6, 6.07) is 20.1. The smallest absolute Gasteiger partial charge is 0.276 e. The van der Waals surface area contributed by atoms with Gasteiger partial charge in [0.05, 0.1) is 5.56 Å². The number of rotatable bonds is 6. The summed E-state index contributed by atoms with van der Waals surface area (Å²) in [5.41, 5.74) is 7.52. The summed E-state index contributed by atoms with van der Waals surface area (Å²) in [6.45, 7) is 8.02. The number of hydrogen-bond acceptors (Lipinski definition) is 4. The van der Waals surface area contributed by atoms with Crippen molar-refractivity contribution in [2.75, 3.05) is 11.9 Å². The molecule has 1 atom stereocenters. The second-order valence-electron chi connectivity index (χ2n) is 7.69. The Bertz CT molecular complexity index is 1170. The van der Waals surface area contributed by atoms with Gasteiger partial charge < -0.3 is 10.1 Å². The quantitative estimate of drug-likeness (QED) is 0.556. The monoisotopic (exact) mass is 427 g/mol. The zero-order valence-corrected chi connectivity index (χ0v) is 18.1. The van der Waals surface area contributed by atoms with E-state index in [9.17, 15) is 9.59 Å². The number of hydrogen-bond donors (Lipinski definition) is 2. The molecule has 0 unspecified atom stereocenters. The van der Waals surface area contributed by atoms with Crippen LogP contribution in [0.25, 0.3) is 0 Å². The van der Waals surface area contributed by atoms with Gasteiger partial charge in [-0.05, 0) is 61.4 Å². The van der Waals surface area contributed by atoms with Crippen molar-refractivity contribution < 1.29 is 14.3 Å². The van der Waals surface area contributed by atoms with Crippen LogP contribution >= 0.6 is 0 Å². The van der Waals surface area contributed by atoms with Crippen LogP contribution in [-0.4, -0.2) is 23.4 Å². The zero-order valence-electron chi connectivity index (χ0n) is 18.1. The predicted molar refractivity (Wildman–Crippen MR) is 124 cm³/mol. The van der Waals surface area contributed by atoms with Gasteiger partial charge in [-0.2, -0.15) is 0 Å². The number of carbonyl (C=O) groups excluding carboxylic acids is 2. The SMILES string of the molecule is C=CCOc1ccc(C(=O)NN2C(=O)c3ccccc3N[C@@H]2c2ccc(C)cc2C)cc1. The Hall–Kier alpha value is -4.06. The molecule has 0 fully saturated rings. The Balaban J connectivity index is 1.65. The molecule has 162 valence electrons. The predicted octanol–water partition coefficient (Wildman–Crippen LogP) is 4.78. The molecule has 0 spiro atoms. The highest BCUT2D eigenvalue weighted by atomic mass is 16.5. The Labute approximate surface area is 187 Å². The first-order valence-corrected chi connectivity index (χ1v) is 10.4. The minimum atomic E-state index is -0.544. The van der Waals surface area contributed by atoms with Gasteiger partial charge in [-0.1, -0.05) is 48.6 Å². The van der Waals surface area contributed by atoms with Crippen LogP contribution in [0.4, 0.5) is 5.69 Å². The maximum absolute atomic E-state index is 13.4. The third kappa shape index (κ3) is 4.21. The van der Waals surface area contributed by atoms with Gasteiger partial charge in [-0.3, -0.25) is 15.0 Å². The number of nitrogens with one attached hydrogen (secondary N) is 2. The summed E-state index contributed by atoms with van der Waals surface area (Å²) in [4.78, 5) is 26.4. The molecule has 3 aromatic rings. The number of aryl methyl sites for hydroxylation is 2. The van der Waals surface area contributed by atoms with E-state index in [2.05, 4.69) is 23.4 Å². The molecule has 6 heteroatoms. The molecule has 0 aromatic heterocycles. The number of ether oxygens (including phenoxy) is 1. The molecule has 32 heavy (non-hydrogen) atoms. The van der Waals surface area contributed by atoms with Crippen LogP contribution in [0.3, 0.4) is 0 Å². The average Bonchev–Trinajstić information content (AvgIpc) is 2.80. The largest absolute Gasteiger partial charge is 0.490 e. The molecular weight excluding hydrogens is 402 g/mol. The first kappa shape index (κ1) is 21.2. The fourth-order valence-corrected chi connectivity index (χ4v) is 3.75. The third-order valence-corrected chi connectivity index (χ3v) is 5.35. The Morgan fingerprint density at radius 2 is 1.88 bits per heavy atom. The number of hydrazine groups is 1. The van der Waals surface area contributed by atoms with Crippen molar-refractivity contribution in [1.29, 1.82) is 0 Å². The average molecular weight is 428 g/mol. The molecule has 0 aliphatic carbocycles. The number of fused-ring (bicyclic) bond motifs is 1. The van der Waals surface area contributed by atoms with Crippen LogP contribution in [0, 0.1) is 13.8 Å². The van der Waals surface area contributed by atoms with E-state index >= 15 is 0 Å². The first-order valence-electron chi connectivity index (χ1n) is 10.4. The molecule has 1 aliphatic heterocycles. The summed E-state index contributed by atoms with van der Waals surface area (Å²) in [6.07, 6.45) is 1.11. The minimum Gasteiger partial charge on any atom is -0.490 e. The maximum Gasteiger partial charge on any atom is 0.276 e. The number of amides is 2. The summed E-state index contributed by atoms with van der Waals surface area (Å²) in [5, 5.41) is 4.77. The Kier molecular flexibility index (Phi) is 5.94. The number of anilines is 1. The topological polar surface area (TPSA) is 70.7 Å². The molecule has 2 amide bonds. The molecule has 2 N–H and O–H groups in total. The lowest BCUT2D eigenvalue weighted by molar-refractivity contribution is 0.0490. The van der Waals surface area contributed by atoms with Gasteiger partial charge in [-0.25, -0.2) is 5.01 Å². The standard InChI is InChI=1S/C26H25N3O3/c1-4-15-32-20-12-10-19(11-13-20)25(30)28-29-24(21-14-9-17(2)16-18(21)3)27-23-8-6-5-7-22(23)26(29)31/h4-14,16,24,27H,1,15H2,2-3H3,(H,28,30)/t24-/m0/s1. The second-order valence-corrected chi connectivity index (χ2v) is 7.69. The van der Waals surface area contributed by atoms with E-state index in [0.717, 1.165) is 22.4 Å². The van der Waals surface area contributed by atoms with Crippen molar-refractivity contribution in [3.05, 3.63) is 107 Å². The van der Waals surface area contributed by atoms with Crippen molar-refractivity contribution in [3.8, 4) is 5.75 Å². The minimum absolute atomic E-state index is 0.274. The van der Waals surface area contributed by atoms with Crippen LogP contribution < -0.4 is 15.5 Å². The molecule has 0 saturated heterocycles. The van der Waals surface area contributed by atoms with Gasteiger partial charge in [-0.15, -0.1) is 0 Å². The molecule has 1 heterocycles. The number of nitrogens with zero attached hydrogens (tertiary/aromatic N) is 1. The highest BCUT2D eigenvalue weighted by molar-refractivity contribution is 6.04. The summed E-state index contributed by atoms with van der Waals surface area (Å²) >= 11 is 0. The van der Waals surface area contributed by atoms with E-state index in [-0.39, 0.29) is 11.8 Å². The normalized spacial score (nSPS) is 14.9. The van der Waals surface area contributed by atoms with Crippen molar-refractivity contribution in [3.63, 3.8) is 0 Å². The van der Waals surface area contributed by atoms with E-state index < -0.39 is 6.17 Å². The van der Waals surface area contributed by atoms with Gasteiger partial charge >= 0.3 is 0 Å². The highest BCUT2D eigenvalue weighted by Crippen LogP contribution is 2.33. The van der Waals surface area contributed by atoms with E-state index in [0.29, 0.717) is 23.5 Å². The molecule has 6 nitrogen and oxygen atoms in total. The molecule has 3 aromatic carbocycles. The van der Waals surface area contributed by atoms with Crippen LogP contribution in [0.2, 0.25) is 0 Å². The van der Waals surface area contributed by atoms with Crippen LogP contribution in [0.15, 0.2) is 79.4 Å². The molecule has 1 aliphatic rings. The summed E-state index contributed by atoms with van der Waals surface area (Å²) in [7, 11) is 0. The van der Waals surface area contributed by atoms with Gasteiger partial charge in [0.25, 0.3) is 11.8 Å². The van der Waals surface area contributed by atoms with Gasteiger partial charge in [0.15, 0.2) is 0 Å². The van der Waals surface area contributed by atoms with E-state index in [1.54, 1.807) is 42.5 Å². The van der Waals surface area contributed by atoms with Gasteiger partial charge in [0.2, 0.25) is 0 Å². The molecule has 0 saturated carbocycles. The molecule has 4 rings (SSSR count). The van der Waals surface area contributed by atoms with Crippen molar-refractivity contribution >= 4 is 17.5 Å². The highest BCUT2D eigenvalue weighted by Gasteiger charge is 2.35. The third-order valence-electron chi connectivity index (χ3n) is 5.35. The van der Waals surface area contributed by atoms with Gasteiger partial charge in [0.1, 0.15) is 18.5 Å². The lowest BCUT2D eigenvalue weighted by Gasteiger charge is -2.38. The second kappa shape index (κ2) is 8.98. The lowest BCUT2D eigenvalue weighted by atomic mass is 10.00. The number of carbonyl (C=O) groups is 2. The Morgan fingerprint density at radius 1 is 1.12 bits per heavy atom. The lowest BCUT2D eigenvalue weighted by Crippen LogP contribution is -2.53. The fraction of sp³-hybridized carbons (Fsp3) is 0.154. The fourth-order valence-electron chi connectivity index (χ4n) is 3.75. The number of para-hydroxylation sites is 1. The first-order chi connectivity index (χ1) is 15.5. The summed E-state index contributed by atoms with van der Waals surface area (Å²) in [5.74, 6) is -0.0209. The zero-order chi connectivity index (χ0) is 22.7. The van der Waals surface area contributed by atoms with E-state index in [1.807, 2.05) is 38.1 Å². The van der Waals surface area contributed by atoms with Crippen LogP contribution in [-0.2, 0) is 0 Å². The van der Waals surface area contributed by atoms with Crippen molar-refractivity contribution in [1.82, 2.24) is 10.4 Å². The molecule has 0 bridgehead atoms. The van der Waals surface area contributed by atoms with E-state index in [4.69, 9.17) is 4.74 Å². The molecule has 0 radical (unpaired) electrons. The van der Waals surface area contributed by atoms with Crippen LogP contribution in [0.5, 0.6) is 5.75 Å². The van der Waals surface area contributed by atoms with Crippen LogP contribution in [0.1, 0.15) is 43.6 Å². The maximum atomic E-state index is 13.4. The summed E-state index contributed by atoms with van der Waals surface area (Å²) < 4.78 is 5.47. The Morgan fingerprint density at radius 3 is 2.59 bits per heavy atom. The molecular formula is C26H25N3O3.